The topological polar surface area (TPSA) is 64.9 Å². The summed E-state index contributed by atoms with van der Waals surface area (Å²) in [5.41, 5.74) is 16.2. The second-order valence-electron chi connectivity index (χ2n) is 4.29. The van der Waals surface area contributed by atoms with Crippen molar-refractivity contribution in [2.45, 2.75) is 6.92 Å². The van der Waals surface area contributed by atoms with E-state index in [9.17, 15) is 0 Å². The monoisotopic (exact) mass is 223 g/mol. The SMILES string of the molecule is Cc1c2cc(N)ccc2nc2ccc(N)cc12. The number of benzene rings is 2. The van der Waals surface area contributed by atoms with Crippen molar-refractivity contribution >= 4 is 33.2 Å². The molecule has 0 saturated carbocycles. The van der Waals surface area contributed by atoms with Crippen molar-refractivity contribution in [3.8, 4) is 0 Å². The Hall–Kier alpha value is -2.29. The van der Waals surface area contributed by atoms with E-state index in [1.165, 1.54) is 5.56 Å². The molecule has 84 valence electrons. The summed E-state index contributed by atoms with van der Waals surface area (Å²) in [5.74, 6) is 0. The van der Waals surface area contributed by atoms with E-state index in [0.717, 1.165) is 33.2 Å². The molecular formula is C14H13N3. The van der Waals surface area contributed by atoms with Gasteiger partial charge in [0.1, 0.15) is 0 Å². The van der Waals surface area contributed by atoms with Gasteiger partial charge in [-0.05, 0) is 48.9 Å². The summed E-state index contributed by atoms with van der Waals surface area (Å²) in [6.45, 7) is 2.07. The first-order valence-electron chi connectivity index (χ1n) is 5.50. The van der Waals surface area contributed by atoms with Gasteiger partial charge in [0.2, 0.25) is 0 Å². The van der Waals surface area contributed by atoms with E-state index in [1.54, 1.807) is 0 Å². The van der Waals surface area contributed by atoms with Crippen LogP contribution in [0.25, 0.3) is 21.8 Å². The molecule has 0 fully saturated rings. The molecule has 0 aliphatic rings. The minimum atomic E-state index is 0.755. The number of rotatable bonds is 0. The minimum Gasteiger partial charge on any atom is -0.399 e. The molecular weight excluding hydrogens is 210 g/mol. The Balaban J connectivity index is 2.53. The van der Waals surface area contributed by atoms with Crippen LogP contribution in [0, 0.1) is 6.92 Å². The minimum absolute atomic E-state index is 0.755. The third kappa shape index (κ3) is 1.47. The van der Waals surface area contributed by atoms with Crippen LogP contribution >= 0.6 is 0 Å². The van der Waals surface area contributed by atoms with Gasteiger partial charge in [-0.1, -0.05) is 0 Å². The molecule has 0 aliphatic carbocycles. The van der Waals surface area contributed by atoms with Crippen molar-refractivity contribution in [3.05, 3.63) is 42.0 Å². The highest BCUT2D eigenvalue weighted by atomic mass is 14.7. The van der Waals surface area contributed by atoms with Crippen molar-refractivity contribution in [2.75, 3.05) is 11.5 Å². The standard InChI is InChI=1S/C14H13N3/c1-8-11-6-9(15)2-4-13(11)17-14-5-3-10(16)7-12(8)14/h2-7H,15-16H2,1H3. The van der Waals surface area contributed by atoms with E-state index < -0.39 is 0 Å². The van der Waals surface area contributed by atoms with Gasteiger partial charge < -0.3 is 11.5 Å². The molecule has 17 heavy (non-hydrogen) atoms. The molecule has 0 aliphatic heterocycles. The first-order valence-corrected chi connectivity index (χ1v) is 5.50. The molecule has 0 amide bonds. The Morgan fingerprint density at radius 2 is 1.29 bits per heavy atom. The number of aryl methyl sites for hydroxylation is 1. The second-order valence-corrected chi connectivity index (χ2v) is 4.29. The highest BCUT2D eigenvalue weighted by Crippen LogP contribution is 2.27. The summed E-state index contributed by atoms with van der Waals surface area (Å²) >= 11 is 0. The molecule has 1 heterocycles. The second kappa shape index (κ2) is 3.35. The van der Waals surface area contributed by atoms with Crippen molar-refractivity contribution in [1.29, 1.82) is 0 Å². The summed E-state index contributed by atoms with van der Waals surface area (Å²) in [4.78, 5) is 4.61. The summed E-state index contributed by atoms with van der Waals surface area (Å²) in [5, 5.41) is 2.17. The first kappa shape index (κ1) is 9.90. The lowest BCUT2D eigenvalue weighted by molar-refractivity contribution is 1.45. The molecule has 3 nitrogen and oxygen atoms in total. The number of aromatic nitrogens is 1. The molecule has 3 heteroatoms. The summed E-state index contributed by atoms with van der Waals surface area (Å²) in [7, 11) is 0. The lowest BCUT2D eigenvalue weighted by atomic mass is 10.0. The van der Waals surface area contributed by atoms with E-state index in [1.807, 2.05) is 36.4 Å². The van der Waals surface area contributed by atoms with Crippen LogP contribution in [-0.2, 0) is 0 Å². The smallest absolute Gasteiger partial charge is 0.0713 e. The molecule has 0 bridgehead atoms. The van der Waals surface area contributed by atoms with Crippen LogP contribution in [0.1, 0.15) is 5.56 Å². The third-order valence-electron chi connectivity index (χ3n) is 3.09. The predicted molar refractivity (Wildman–Crippen MR) is 72.8 cm³/mol. The van der Waals surface area contributed by atoms with E-state index in [2.05, 4.69) is 11.9 Å². The number of nitrogens with zero attached hydrogens (tertiary/aromatic N) is 1. The molecule has 4 N–H and O–H groups in total. The first-order chi connectivity index (χ1) is 8.15. The van der Waals surface area contributed by atoms with E-state index in [-0.39, 0.29) is 0 Å². The molecule has 1 aromatic heterocycles. The van der Waals surface area contributed by atoms with E-state index >= 15 is 0 Å². The number of nitrogen functional groups attached to an aromatic ring is 2. The maximum absolute atomic E-state index is 5.81. The lowest BCUT2D eigenvalue weighted by Crippen LogP contribution is -1.92. The number of pyridine rings is 1. The van der Waals surface area contributed by atoms with E-state index in [4.69, 9.17) is 11.5 Å². The van der Waals surface area contributed by atoms with Crippen LogP contribution in [-0.4, -0.2) is 4.98 Å². The molecule has 0 spiro atoms. The van der Waals surface area contributed by atoms with Gasteiger partial charge in [0.05, 0.1) is 11.0 Å². The zero-order chi connectivity index (χ0) is 12.0. The summed E-state index contributed by atoms with van der Waals surface area (Å²) in [6, 6.07) is 11.6. The van der Waals surface area contributed by atoms with Crippen LogP contribution in [0.3, 0.4) is 0 Å². The molecule has 0 atom stereocenters. The predicted octanol–water partition coefficient (Wildman–Crippen LogP) is 2.86. The summed E-state index contributed by atoms with van der Waals surface area (Å²) in [6.07, 6.45) is 0. The van der Waals surface area contributed by atoms with Crippen molar-refractivity contribution < 1.29 is 0 Å². The number of anilines is 2. The van der Waals surface area contributed by atoms with Crippen molar-refractivity contribution in [3.63, 3.8) is 0 Å². The van der Waals surface area contributed by atoms with Gasteiger partial charge in [0.25, 0.3) is 0 Å². The Bertz CT molecular complexity index is 672. The Labute approximate surface area is 99.1 Å². The zero-order valence-corrected chi connectivity index (χ0v) is 9.57. The fourth-order valence-electron chi connectivity index (χ4n) is 2.18. The molecule has 0 saturated heterocycles. The van der Waals surface area contributed by atoms with E-state index in [0.29, 0.717) is 0 Å². The average molecular weight is 223 g/mol. The molecule has 0 radical (unpaired) electrons. The highest BCUT2D eigenvalue weighted by Gasteiger charge is 2.05. The Kier molecular flexibility index (Phi) is 1.95. The highest BCUT2D eigenvalue weighted by molar-refractivity contribution is 5.99. The molecule has 0 unspecified atom stereocenters. The average Bonchev–Trinajstić information content (AvgIpc) is 2.32. The Morgan fingerprint density at radius 3 is 1.76 bits per heavy atom. The van der Waals surface area contributed by atoms with Crippen LogP contribution in [0.5, 0.6) is 0 Å². The number of hydrogen-bond donors (Lipinski definition) is 2. The maximum atomic E-state index is 5.81. The van der Waals surface area contributed by atoms with Crippen LogP contribution in [0.15, 0.2) is 36.4 Å². The summed E-state index contributed by atoms with van der Waals surface area (Å²) < 4.78 is 0. The van der Waals surface area contributed by atoms with Crippen molar-refractivity contribution in [2.24, 2.45) is 0 Å². The van der Waals surface area contributed by atoms with Crippen LogP contribution in [0.4, 0.5) is 11.4 Å². The zero-order valence-electron chi connectivity index (χ0n) is 9.57. The Morgan fingerprint density at radius 1 is 0.824 bits per heavy atom. The number of nitrogens with two attached hydrogens (primary N) is 2. The lowest BCUT2D eigenvalue weighted by Gasteiger charge is -2.08. The molecule has 3 aromatic rings. The largest absolute Gasteiger partial charge is 0.399 e. The fraction of sp³-hybridized carbons (Fsp3) is 0.0714. The molecule has 2 aromatic carbocycles. The fourth-order valence-corrected chi connectivity index (χ4v) is 2.18. The van der Waals surface area contributed by atoms with Gasteiger partial charge in [-0.15, -0.1) is 0 Å². The van der Waals surface area contributed by atoms with Gasteiger partial charge in [0.15, 0.2) is 0 Å². The quantitative estimate of drug-likeness (QED) is 0.455. The maximum Gasteiger partial charge on any atom is 0.0713 e. The van der Waals surface area contributed by atoms with Crippen LogP contribution in [0.2, 0.25) is 0 Å². The van der Waals surface area contributed by atoms with Crippen LogP contribution < -0.4 is 11.5 Å². The third-order valence-corrected chi connectivity index (χ3v) is 3.09. The normalized spacial score (nSPS) is 11.1. The molecule has 3 rings (SSSR count). The number of fused-ring (bicyclic) bond motifs is 2. The van der Waals surface area contributed by atoms with Gasteiger partial charge in [-0.3, -0.25) is 0 Å². The van der Waals surface area contributed by atoms with Crippen molar-refractivity contribution in [1.82, 2.24) is 4.98 Å². The van der Waals surface area contributed by atoms with Gasteiger partial charge in [-0.25, -0.2) is 4.98 Å². The van der Waals surface area contributed by atoms with Gasteiger partial charge in [0, 0.05) is 22.1 Å². The van der Waals surface area contributed by atoms with Gasteiger partial charge in [-0.2, -0.15) is 0 Å². The van der Waals surface area contributed by atoms with Gasteiger partial charge >= 0.3 is 0 Å². The number of hydrogen-bond acceptors (Lipinski definition) is 3.